The van der Waals surface area contributed by atoms with Gasteiger partial charge in [0, 0.05) is 0 Å². The Bertz CT molecular complexity index is 761. The molecule has 0 aliphatic carbocycles. The zero-order valence-electron chi connectivity index (χ0n) is 30.1. The molecular weight excluding hydrogens is 528 g/mol. The lowest BCUT2D eigenvalue weighted by Gasteiger charge is -2.03. The summed E-state index contributed by atoms with van der Waals surface area (Å²) < 4.78 is 0. The van der Waals surface area contributed by atoms with Crippen molar-refractivity contribution in [1.82, 2.24) is 0 Å². The van der Waals surface area contributed by atoms with Crippen LogP contribution in [0.15, 0.2) is 73.3 Å². The molecule has 0 saturated carbocycles. The van der Waals surface area contributed by atoms with Crippen LogP contribution < -0.4 is 0 Å². The highest BCUT2D eigenvalue weighted by molar-refractivity contribution is 5.14. The Morgan fingerprint density at radius 2 is 0.727 bits per heavy atom. The number of hydrogen-bond donors (Lipinski definition) is 0. The summed E-state index contributed by atoms with van der Waals surface area (Å²) in [5, 5.41) is 0. The summed E-state index contributed by atoms with van der Waals surface area (Å²) in [5.74, 6) is 0. The molecule has 0 amide bonds. The van der Waals surface area contributed by atoms with Gasteiger partial charge in [-0.15, -0.1) is 6.58 Å². The van der Waals surface area contributed by atoms with Crippen LogP contribution in [0.2, 0.25) is 0 Å². The molecule has 2 aromatic rings. The first-order chi connectivity index (χ1) is 21.7. The molecule has 0 nitrogen and oxygen atoms in total. The van der Waals surface area contributed by atoms with Crippen LogP contribution in [0.25, 0.3) is 0 Å². The van der Waals surface area contributed by atoms with Gasteiger partial charge in [-0.3, -0.25) is 0 Å². The van der Waals surface area contributed by atoms with Gasteiger partial charge in [0.05, 0.1) is 0 Å². The van der Waals surface area contributed by atoms with E-state index < -0.39 is 0 Å². The van der Waals surface area contributed by atoms with Crippen molar-refractivity contribution < 1.29 is 0 Å². The molecule has 0 spiro atoms. The van der Waals surface area contributed by atoms with Crippen molar-refractivity contribution in [2.75, 3.05) is 0 Å². The summed E-state index contributed by atoms with van der Waals surface area (Å²) in [4.78, 5) is 0. The second-order valence-electron chi connectivity index (χ2n) is 13.1. The van der Waals surface area contributed by atoms with Crippen molar-refractivity contribution in [2.24, 2.45) is 0 Å². The van der Waals surface area contributed by atoms with E-state index in [4.69, 9.17) is 0 Å². The Morgan fingerprint density at radius 1 is 0.409 bits per heavy atom. The van der Waals surface area contributed by atoms with E-state index in [1.54, 1.807) is 0 Å². The lowest BCUT2D eigenvalue weighted by molar-refractivity contribution is 0.535. The summed E-state index contributed by atoms with van der Waals surface area (Å²) in [6, 6.07) is 21.2. The summed E-state index contributed by atoms with van der Waals surface area (Å²) in [6.45, 7) is 10.4. The van der Waals surface area contributed by atoms with Gasteiger partial charge in [-0.05, 0) is 38.2 Å². The van der Waals surface area contributed by atoms with Gasteiger partial charge in [-0.2, -0.15) is 0 Å². The van der Waals surface area contributed by atoms with E-state index in [0.29, 0.717) is 0 Å². The van der Waals surface area contributed by atoms with Crippen molar-refractivity contribution in [3.05, 3.63) is 84.4 Å². The van der Waals surface area contributed by atoms with E-state index >= 15 is 0 Å². The average molecular weight is 605 g/mol. The van der Waals surface area contributed by atoms with Gasteiger partial charge in [0.15, 0.2) is 0 Å². The Labute approximate surface area is 277 Å². The fourth-order valence-corrected chi connectivity index (χ4v) is 5.66. The highest BCUT2D eigenvalue weighted by Gasteiger charge is 1.95. The molecule has 0 saturated heterocycles. The van der Waals surface area contributed by atoms with Crippen LogP contribution in [0, 0.1) is 6.92 Å². The molecule has 0 heterocycles. The topological polar surface area (TPSA) is 0 Å². The Hall–Kier alpha value is -1.82. The first-order valence-corrected chi connectivity index (χ1v) is 19.4. The van der Waals surface area contributed by atoms with Gasteiger partial charge >= 0.3 is 0 Å². The molecule has 0 radical (unpaired) electrons. The van der Waals surface area contributed by atoms with E-state index in [0.717, 1.165) is 0 Å². The van der Waals surface area contributed by atoms with E-state index in [2.05, 4.69) is 69.8 Å². The Kier molecular flexibility index (Phi) is 35.8. The standard InChI is InChI=1S/C22H38.C15H30.C7H8/c1-2-3-4-5-6-7-8-9-10-11-12-13-14-16-19-22-20-17-15-18-21-22;1-3-5-7-9-11-13-15-14-12-10-8-6-4-2;1-7-5-3-2-4-6-7/h15,17-18,20-21H,2-14,16,19H2,1H3;3H,1,4-15H2,2H3;2-6H,1H3. The third-order valence-electron chi connectivity index (χ3n) is 8.61. The number of unbranched alkanes of at least 4 members (excludes halogenated alkanes) is 24. The molecule has 0 aliphatic heterocycles. The maximum atomic E-state index is 3.74. The smallest absolute Gasteiger partial charge is 0.0279 e. The molecule has 0 fully saturated rings. The van der Waals surface area contributed by atoms with Crippen LogP contribution in [-0.4, -0.2) is 0 Å². The average Bonchev–Trinajstić information content (AvgIpc) is 3.05. The number of hydrogen-bond acceptors (Lipinski definition) is 0. The van der Waals surface area contributed by atoms with Gasteiger partial charge in [-0.25, -0.2) is 0 Å². The maximum Gasteiger partial charge on any atom is -0.0279 e. The molecule has 2 aromatic carbocycles. The van der Waals surface area contributed by atoms with Crippen molar-refractivity contribution >= 4 is 0 Å². The van der Waals surface area contributed by atoms with E-state index in [1.807, 2.05) is 24.3 Å². The highest BCUT2D eigenvalue weighted by atomic mass is 14.0. The predicted molar refractivity (Wildman–Crippen MR) is 203 cm³/mol. The van der Waals surface area contributed by atoms with Gasteiger partial charge < -0.3 is 0 Å². The lowest BCUT2D eigenvalue weighted by atomic mass is 10.0. The van der Waals surface area contributed by atoms with Crippen LogP contribution >= 0.6 is 0 Å². The maximum absolute atomic E-state index is 3.74. The van der Waals surface area contributed by atoms with E-state index in [1.165, 1.54) is 184 Å². The molecule has 0 aliphatic rings. The van der Waals surface area contributed by atoms with Gasteiger partial charge in [-0.1, -0.05) is 234 Å². The quantitative estimate of drug-likeness (QED) is 0.0703. The molecular formula is C44H76. The van der Waals surface area contributed by atoms with Gasteiger partial charge in [0.2, 0.25) is 0 Å². The fourth-order valence-electron chi connectivity index (χ4n) is 5.66. The second kappa shape index (κ2) is 37.4. The molecule has 0 bridgehead atoms. The normalized spacial score (nSPS) is 10.4. The number of benzene rings is 2. The Balaban J connectivity index is 0.000000719. The predicted octanol–water partition coefficient (Wildman–Crippen LogP) is 15.6. The van der Waals surface area contributed by atoms with E-state index in [9.17, 15) is 0 Å². The molecule has 44 heavy (non-hydrogen) atoms. The number of rotatable bonds is 27. The molecule has 0 heteroatoms. The van der Waals surface area contributed by atoms with Crippen molar-refractivity contribution in [2.45, 2.75) is 194 Å². The molecule has 0 aromatic heterocycles. The molecule has 2 rings (SSSR count). The zero-order chi connectivity index (χ0) is 32.0. The monoisotopic (exact) mass is 605 g/mol. The van der Waals surface area contributed by atoms with Crippen molar-refractivity contribution in [1.29, 1.82) is 0 Å². The van der Waals surface area contributed by atoms with Crippen molar-refractivity contribution in [3.63, 3.8) is 0 Å². The van der Waals surface area contributed by atoms with Crippen LogP contribution in [0.3, 0.4) is 0 Å². The highest BCUT2D eigenvalue weighted by Crippen LogP contribution is 2.14. The summed E-state index contributed by atoms with van der Waals surface area (Å²) in [5.41, 5.74) is 2.82. The van der Waals surface area contributed by atoms with Crippen molar-refractivity contribution in [3.8, 4) is 0 Å². The SMILES string of the molecule is C=CCCCCCCCCCCCCC.CCCCCCCCCCCCCCCCc1ccccc1.Cc1ccccc1. The lowest BCUT2D eigenvalue weighted by Crippen LogP contribution is -1.86. The van der Waals surface area contributed by atoms with Gasteiger partial charge in [0.1, 0.15) is 0 Å². The molecule has 252 valence electrons. The van der Waals surface area contributed by atoms with Crippen LogP contribution in [0.5, 0.6) is 0 Å². The minimum Gasteiger partial charge on any atom is -0.103 e. The fraction of sp³-hybridized carbons (Fsp3) is 0.682. The number of aryl methyl sites for hydroxylation is 2. The first-order valence-electron chi connectivity index (χ1n) is 19.4. The number of allylic oxidation sites excluding steroid dienone is 1. The Morgan fingerprint density at radius 3 is 1.05 bits per heavy atom. The van der Waals surface area contributed by atoms with Crippen LogP contribution in [0.1, 0.15) is 192 Å². The largest absolute Gasteiger partial charge is 0.103 e. The third-order valence-corrected chi connectivity index (χ3v) is 8.61. The second-order valence-corrected chi connectivity index (χ2v) is 13.1. The summed E-state index contributed by atoms with van der Waals surface area (Å²) in [6.07, 6.45) is 40.4. The molecule has 0 atom stereocenters. The third kappa shape index (κ3) is 34.7. The van der Waals surface area contributed by atoms with Crippen LogP contribution in [-0.2, 0) is 6.42 Å². The minimum absolute atomic E-state index is 1.21. The minimum atomic E-state index is 1.21. The van der Waals surface area contributed by atoms with Gasteiger partial charge in [0.25, 0.3) is 0 Å². The molecule has 0 unspecified atom stereocenters. The van der Waals surface area contributed by atoms with E-state index in [-0.39, 0.29) is 0 Å². The summed E-state index contributed by atoms with van der Waals surface area (Å²) in [7, 11) is 0. The first kappa shape index (κ1) is 42.2. The van der Waals surface area contributed by atoms with Crippen LogP contribution in [0.4, 0.5) is 0 Å². The molecule has 0 N–H and O–H groups in total. The summed E-state index contributed by atoms with van der Waals surface area (Å²) >= 11 is 0. The zero-order valence-corrected chi connectivity index (χ0v) is 30.1.